The second-order valence-corrected chi connectivity index (χ2v) is 3.60. The Bertz CT molecular complexity index is 339. The second kappa shape index (κ2) is 4.42. The molecule has 2 rings (SSSR count). The van der Waals surface area contributed by atoms with Crippen LogP contribution in [0.2, 0.25) is 0 Å². The van der Waals surface area contributed by atoms with Gasteiger partial charge in [0, 0.05) is 6.04 Å². The van der Waals surface area contributed by atoms with Crippen molar-refractivity contribution in [3.63, 3.8) is 0 Å². The molecule has 2 atom stereocenters. The third kappa shape index (κ3) is 2.55. The largest absolute Gasteiger partial charge is 0.478 e. The minimum atomic E-state index is -0.953. The normalized spacial score (nSPS) is 25.3. The highest BCUT2D eigenvalue weighted by Crippen LogP contribution is 2.09. The summed E-state index contributed by atoms with van der Waals surface area (Å²) in [5, 5.41) is 11.6. The molecule has 0 radical (unpaired) electrons. The van der Waals surface area contributed by atoms with Gasteiger partial charge in [0.15, 0.2) is 0 Å². The number of aliphatic carboxylic acids is 1. The monoisotopic (exact) mass is 207 g/mol. The molecule has 0 aliphatic carbocycles. The number of rotatable bonds is 3. The van der Waals surface area contributed by atoms with Crippen LogP contribution in [0.4, 0.5) is 0 Å². The molecule has 1 aromatic rings. The first-order valence-corrected chi connectivity index (χ1v) is 4.90. The van der Waals surface area contributed by atoms with Gasteiger partial charge in [-0.25, -0.2) is 4.79 Å². The van der Waals surface area contributed by atoms with Crippen LogP contribution in [0.15, 0.2) is 30.3 Å². The van der Waals surface area contributed by atoms with Crippen molar-refractivity contribution >= 4 is 5.97 Å². The van der Waals surface area contributed by atoms with Crippen LogP contribution >= 0.6 is 0 Å². The summed E-state index contributed by atoms with van der Waals surface area (Å²) in [5.74, 6) is -0.953. The van der Waals surface area contributed by atoms with Gasteiger partial charge >= 0.3 is 5.97 Å². The minimum Gasteiger partial charge on any atom is -0.478 e. The van der Waals surface area contributed by atoms with Crippen LogP contribution < -0.4 is 5.32 Å². The number of ether oxygens (including phenoxy) is 1. The van der Waals surface area contributed by atoms with Crippen molar-refractivity contribution in [3.05, 3.63) is 35.9 Å². The molecule has 1 heterocycles. The molecule has 80 valence electrons. The number of nitrogens with one attached hydrogen (secondary N) is 1. The predicted molar refractivity (Wildman–Crippen MR) is 54.4 cm³/mol. The maximum atomic E-state index is 10.6. The van der Waals surface area contributed by atoms with E-state index in [1.54, 1.807) is 0 Å². The molecular weight excluding hydrogens is 194 g/mol. The van der Waals surface area contributed by atoms with E-state index in [1.807, 2.05) is 30.3 Å². The van der Waals surface area contributed by atoms with E-state index in [0.29, 0.717) is 6.61 Å². The Balaban J connectivity index is 1.90. The van der Waals surface area contributed by atoms with Gasteiger partial charge in [0.25, 0.3) is 0 Å². The molecule has 1 aliphatic rings. The Labute approximate surface area is 87.9 Å². The van der Waals surface area contributed by atoms with E-state index >= 15 is 0 Å². The van der Waals surface area contributed by atoms with E-state index in [1.165, 1.54) is 5.56 Å². The molecule has 1 fully saturated rings. The quantitative estimate of drug-likeness (QED) is 0.763. The third-order valence-electron chi connectivity index (χ3n) is 2.40. The lowest BCUT2D eigenvalue weighted by atomic mass is 10.1. The molecule has 0 bridgehead atoms. The van der Waals surface area contributed by atoms with Crippen molar-refractivity contribution in [2.75, 3.05) is 6.61 Å². The van der Waals surface area contributed by atoms with Gasteiger partial charge in [-0.3, -0.25) is 5.32 Å². The van der Waals surface area contributed by atoms with E-state index in [0.717, 1.165) is 6.42 Å². The second-order valence-electron chi connectivity index (χ2n) is 3.60. The molecule has 4 heteroatoms. The summed E-state index contributed by atoms with van der Waals surface area (Å²) in [7, 11) is 0. The number of carboxylic acids is 1. The lowest BCUT2D eigenvalue weighted by molar-refractivity contribution is -0.148. The highest BCUT2D eigenvalue weighted by atomic mass is 16.5. The van der Waals surface area contributed by atoms with Crippen LogP contribution in [-0.4, -0.2) is 30.0 Å². The molecule has 15 heavy (non-hydrogen) atoms. The van der Waals surface area contributed by atoms with Crippen LogP contribution in [0.5, 0.6) is 0 Å². The van der Waals surface area contributed by atoms with Crippen molar-refractivity contribution in [1.82, 2.24) is 5.32 Å². The topological polar surface area (TPSA) is 58.6 Å². The van der Waals surface area contributed by atoms with Crippen molar-refractivity contribution in [2.24, 2.45) is 0 Å². The molecule has 4 nitrogen and oxygen atoms in total. The van der Waals surface area contributed by atoms with Crippen LogP contribution in [-0.2, 0) is 16.0 Å². The van der Waals surface area contributed by atoms with Gasteiger partial charge in [-0.1, -0.05) is 30.3 Å². The molecule has 0 aromatic heterocycles. The summed E-state index contributed by atoms with van der Waals surface area (Å²) in [6.07, 6.45) is -0.0522. The SMILES string of the molecule is O=C(O)C1N[C@@H](Cc2ccccc2)CO1. The van der Waals surface area contributed by atoms with Gasteiger partial charge in [-0.05, 0) is 12.0 Å². The van der Waals surface area contributed by atoms with Gasteiger partial charge in [0.05, 0.1) is 6.61 Å². The number of hydrogen-bond donors (Lipinski definition) is 2. The molecular formula is C11H13NO3. The number of hydrogen-bond acceptors (Lipinski definition) is 3. The first kappa shape index (κ1) is 10.1. The van der Waals surface area contributed by atoms with Gasteiger partial charge in [0.1, 0.15) is 0 Å². The van der Waals surface area contributed by atoms with E-state index in [-0.39, 0.29) is 6.04 Å². The molecule has 1 aromatic carbocycles. The van der Waals surface area contributed by atoms with Crippen LogP contribution in [0.3, 0.4) is 0 Å². The molecule has 1 saturated heterocycles. The minimum absolute atomic E-state index is 0.0912. The zero-order chi connectivity index (χ0) is 10.7. The van der Waals surface area contributed by atoms with E-state index in [4.69, 9.17) is 9.84 Å². The van der Waals surface area contributed by atoms with Crippen molar-refractivity contribution < 1.29 is 14.6 Å². The summed E-state index contributed by atoms with van der Waals surface area (Å²) in [6, 6.07) is 10.0. The van der Waals surface area contributed by atoms with Gasteiger partial charge in [-0.15, -0.1) is 0 Å². The summed E-state index contributed by atoms with van der Waals surface area (Å²) < 4.78 is 5.09. The fourth-order valence-electron chi connectivity index (χ4n) is 1.68. The lowest BCUT2D eigenvalue weighted by Crippen LogP contribution is -2.37. The molecule has 1 aliphatic heterocycles. The Morgan fingerprint density at radius 3 is 2.80 bits per heavy atom. The van der Waals surface area contributed by atoms with Crippen LogP contribution in [0.25, 0.3) is 0 Å². The summed E-state index contributed by atoms with van der Waals surface area (Å²) >= 11 is 0. The van der Waals surface area contributed by atoms with Gasteiger partial charge in [0.2, 0.25) is 6.23 Å². The maximum absolute atomic E-state index is 10.6. The zero-order valence-corrected chi connectivity index (χ0v) is 8.22. The van der Waals surface area contributed by atoms with E-state index in [2.05, 4.69) is 5.32 Å². The van der Waals surface area contributed by atoms with Crippen LogP contribution in [0, 0.1) is 0 Å². The van der Waals surface area contributed by atoms with Crippen molar-refractivity contribution in [2.45, 2.75) is 18.7 Å². The summed E-state index contributed by atoms with van der Waals surface area (Å²) in [4.78, 5) is 10.6. The fourth-order valence-corrected chi connectivity index (χ4v) is 1.68. The zero-order valence-electron chi connectivity index (χ0n) is 8.22. The summed E-state index contributed by atoms with van der Waals surface area (Å²) in [5.41, 5.74) is 1.18. The van der Waals surface area contributed by atoms with Crippen LogP contribution in [0.1, 0.15) is 5.56 Å². The van der Waals surface area contributed by atoms with E-state index in [9.17, 15) is 4.79 Å². The summed E-state index contributed by atoms with van der Waals surface area (Å²) in [6.45, 7) is 0.450. The van der Waals surface area contributed by atoms with Gasteiger partial charge < -0.3 is 9.84 Å². The maximum Gasteiger partial charge on any atom is 0.348 e. The number of carbonyl (C=O) groups is 1. The van der Waals surface area contributed by atoms with Crippen molar-refractivity contribution in [3.8, 4) is 0 Å². The average molecular weight is 207 g/mol. The molecule has 0 amide bonds. The Morgan fingerprint density at radius 2 is 2.20 bits per heavy atom. The molecule has 0 spiro atoms. The van der Waals surface area contributed by atoms with Gasteiger partial charge in [-0.2, -0.15) is 0 Å². The third-order valence-corrected chi connectivity index (χ3v) is 2.40. The Morgan fingerprint density at radius 1 is 1.47 bits per heavy atom. The predicted octanol–water partition coefficient (Wildman–Crippen LogP) is 0.628. The number of carboxylic acid groups (broad SMARTS) is 1. The molecule has 2 N–H and O–H groups in total. The van der Waals surface area contributed by atoms with Crippen molar-refractivity contribution in [1.29, 1.82) is 0 Å². The average Bonchev–Trinajstić information content (AvgIpc) is 2.68. The molecule has 1 unspecified atom stereocenters. The standard InChI is InChI=1S/C11H13NO3/c13-11(14)10-12-9(7-15-10)6-8-4-2-1-3-5-8/h1-5,9-10,12H,6-7H2,(H,13,14)/t9-,10?/m0/s1. The highest BCUT2D eigenvalue weighted by Gasteiger charge is 2.29. The first-order valence-electron chi connectivity index (χ1n) is 4.90. The fraction of sp³-hybridized carbons (Fsp3) is 0.364. The Kier molecular flexibility index (Phi) is 2.99. The van der Waals surface area contributed by atoms with E-state index < -0.39 is 12.2 Å². The highest BCUT2D eigenvalue weighted by molar-refractivity contribution is 5.72. The smallest absolute Gasteiger partial charge is 0.348 e. The Hall–Kier alpha value is -1.39. The molecule has 0 saturated carbocycles. The lowest BCUT2D eigenvalue weighted by Gasteiger charge is -2.08. The first-order chi connectivity index (χ1) is 7.25. The number of benzene rings is 1.